The summed E-state index contributed by atoms with van der Waals surface area (Å²) < 4.78 is 38.7. The van der Waals surface area contributed by atoms with Crippen molar-refractivity contribution >= 4 is 0 Å². The van der Waals surface area contributed by atoms with Crippen LogP contribution in [0, 0.1) is 17.8 Å². The SMILES string of the molecule is CCC1CCCC(C2(O)CCCC(C(F)(F)F)C2)C1. The van der Waals surface area contributed by atoms with Crippen LogP contribution in [0.1, 0.15) is 64.7 Å². The lowest BCUT2D eigenvalue weighted by atomic mass is 9.65. The van der Waals surface area contributed by atoms with Gasteiger partial charge in [0, 0.05) is 0 Å². The third-order valence-electron chi connectivity index (χ3n) is 5.35. The van der Waals surface area contributed by atoms with Crippen molar-refractivity contribution in [3.8, 4) is 0 Å². The van der Waals surface area contributed by atoms with Crippen molar-refractivity contribution in [2.75, 3.05) is 0 Å². The van der Waals surface area contributed by atoms with Gasteiger partial charge >= 0.3 is 6.18 Å². The number of hydrogen-bond donors (Lipinski definition) is 1. The molecule has 0 aromatic rings. The van der Waals surface area contributed by atoms with Crippen molar-refractivity contribution in [3.05, 3.63) is 0 Å². The predicted octanol–water partition coefficient (Wildman–Crippen LogP) is 4.69. The number of alkyl halides is 3. The molecule has 0 aliphatic heterocycles. The van der Waals surface area contributed by atoms with Crippen molar-refractivity contribution in [1.82, 2.24) is 0 Å². The molecule has 0 saturated heterocycles. The highest BCUT2D eigenvalue weighted by atomic mass is 19.4. The summed E-state index contributed by atoms with van der Waals surface area (Å²) in [6, 6.07) is 0. The van der Waals surface area contributed by atoms with Crippen molar-refractivity contribution in [2.45, 2.75) is 76.5 Å². The van der Waals surface area contributed by atoms with Gasteiger partial charge in [0.1, 0.15) is 0 Å². The van der Waals surface area contributed by atoms with Gasteiger partial charge in [-0.1, -0.05) is 26.2 Å². The first kappa shape index (κ1) is 15.1. The van der Waals surface area contributed by atoms with Crippen LogP contribution in [0.4, 0.5) is 13.2 Å². The van der Waals surface area contributed by atoms with Crippen molar-refractivity contribution in [2.24, 2.45) is 17.8 Å². The Morgan fingerprint density at radius 3 is 2.53 bits per heavy atom. The molecule has 4 heteroatoms. The zero-order valence-corrected chi connectivity index (χ0v) is 11.7. The van der Waals surface area contributed by atoms with E-state index in [1.807, 2.05) is 0 Å². The fourth-order valence-electron chi connectivity index (χ4n) is 4.09. The molecule has 19 heavy (non-hydrogen) atoms. The second kappa shape index (κ2) is 5.63. The third kappa shape index (κ3) is 3.45. The summed E-state index contributed by atoms with van der Waals surface area (Å²) in [5, 5.41) is 10.7. The van der Waals surface area contributed by atoms with E-state index in [1.54, 1.807) is 0 Å². The Morgan fingerprint density at radius 1 is 1.16 bits per heavy atom. The second-order valence-electron chi connectivity index (χ2n) is 6.58. The minimum atomic E-state index is -4.15. The minimum absolute atomic E-state index is 0.0718. The lowest BCUT2D eigenvalue weighted by molar-refractivity contribution is -0.208. The van der Waals surface area contributed by atoms with Crippen molar-refractivity contribution in [1.29, 1.82) is 0 Å². The highest BCUT2D eigenvalue weighted by Crippen LogP contribution is 2.48. The molecule has 4 atom stereocenters. The predicted molar refractivity (Wildman–Crippen MR) is 68.7 cm³/mol. The molecule has 0 aromatic carbocycles. The van der Waals surface area contributed by atoms with Gasteiger partial charge in [-0.05, 0) is 50.4 Å². The smallest absolute Gasteiger partial charge is 0.390 e. The van der Waals surface area contributed by atoms with Gasteiger partial charge < -0.3 is 5.11 Å². The lowest BCUT2D eigenvalue weighted by Crippen LogP contribution is -2.47. The molecule has 1 N–H and O–H groups in total. The Kier molecular flexibility index (Phi) is 4.49. The molecule has 0 amide bonds. The molecule has 2 fully saturated rings. The first-order valence-corrected chi connectivity index (χ1v) is 7.64. The van der Waals surface area contributed by atoms with Crippen molar-refractivity contribution in [3.63, 3.8) is 0 Å². The number of halogens is 3. The van der Waals surface area contributed by atoms with Crippen molar-refractivity contribution < 1.29 is 18.3 Å². The molecule has 4 unspecified atom stereocenters. The largest absolute Gasteiger partial charge is 0.391 e. The third-order valence-corrected chi connectivity index (χ3v) is 5.35. The summed E-state index contributed by atoms with van der Waals surface area (Å²) >= 11 is 0. The highest BCUT2D eigenvalue weighted by molar-refractivity contribution is 4.95. The standard InChI is InChI=1S/C15H25F3O/c1-2-11-5-3-6-12(9-11)14(19)8-4-7-13(10-14)15(16,17)18/h11-13,19H,2-10H2,1H3. The van der Waals surface area contributed by atoms with E-state index in [4.69, 9.17) is 0 Å². The van der Waals surface area contributed by atoms with Crippen LogP contribution in [0.5, 0.6) is 0 Å². The average molecular weight is 278 g/mol. The van der Waals surface area contributed by atoms with Gasteiger partial charge in [-0.3, -0.25) is 0 Å². The molecule has 0 radical (unpaired) electrons. The van der Waals surface area contributed by atoms with E-state index in [-0.39, 0.29) is 18.8 Å². The molecule has 112 valence electrons. The quantitative estimate of drug-likeness (QED) is 0.777. The number of rotatable bonds is 2. The molecular formula is C15H25F3O. The van der Waals surface area contributed by atoms with E-state index in [0.717, 1.165) is 25.7 Å². The molecule has 2 rings (SSSR count). The molecule has 0 bridgehead atoms. The summed E-state index contributed by atoms with van der Waals surface area (Å²) in [7, 11) is 0. The fraction of sp³-hybridized carbons (Fsp3) is 1.00. The first-order valence-electron chi connectivity index (χ1n) is 7.64. The second-order valence-corrected chi connectivity index (χ2v) is 6.58. The van der Waals surface area contributed by atoms with Crippen LogP contribution in [0.3, 0.4) is 0 Å². The Hall–Kier alpha value is -0.250. The van der Waals surface area contributed by atoms with E-state index in [2.05, 4.69) is 6.92 Å². The summed E-state index contributed by atoms with van der Waals surface area (Å²) in [6.07, 6.45) is 2.16. The first-order chi connectivity index (χ1) is 8.85. The van der Waals surface area contributed by atoms with E-state index in [0.29, 0.717) is 18.8 Å². The van der Waals surface area contributed by atoms with Crippen LogP contribution >= 0.6 is 0 Å². The maximum Gasteiger partial charge on any atom is 0.391 e. The van der Waals surface area contributed by atoms with E-state index < -0.39 is 17.7 Å². The minimum Gasteiger partial charge on any atom is -0.390 e. The van der Waals surface area contributed by atoms with Gasteiger partial charge in [0.25, 0.3) is 0 Å². The van der Waals surface area contributed by atoms with Crippen LogP contribution in [0.2, 0.25) is 0 Å². The topological polar surface area (TPSA) is 20.2 Å². The Labute approximate surface area is 113 Å². The number of aliphatic hydroxyl groups is 1. The van der Waals surface area contributed by atoms with Crippen LogP contribution in [0.15, 0.2) is 0 Å². The zero-order chi connectivity index (χ0) is 14.1. The van der Waals surface area contributed by atoms with Crippen LogP contribution < -0.4 is 0 Å². The molecule has 0 aromatic heterocycles. The van der Waals surface area contributed by atoms with E-state index in [9.17, 15) is 18.3 Å². The molecular weight excluding hydrogens is 253 g/mol. The maximum absolute atomic E-state index is 12.9. The summed E-state index contributed by atoms with van der Waals surface area (Å²) in [5.41, 5.74) is -1.06. The summed E-state index contributed by atoms with van der Waals surface area (Å²) in [4.78, 5) is 0. The Morgan fingerprint density at radius 2 is 1.89 bits per heavy atom. The fourth-order valence-corrected chi connectivity index (χ4v) is 4.09. The average Bonchev–Trinajstić information content (AvgIpc) is 2.38. The Bertz CT molecular complexity index is 302. The van der Waals surface area contributed by atoms with Crippen LogP contribution in [-0.2, 0) is 0 Å². The maximum atomic E-state index is 12.9. The normalized spacial score (nSPS) is 41.2. The molecule has 0 spiro atoms. The summed E-state index contributed by atoms with van der Waals surface area (Å²) in [6.45, 7) is 2.14. The number of hydrogen-bond acceptors (Lipinski definition) is 1. The van der Waals surface area contributed by atoms with E-state index >= 15 is 0 Å². The van der Waals surface area contributed by atoms with Gasteiger partial charge in [0.15, 0.2) is 0 Å². The highest BCUT2D eigenvalue weighted by Gasteiger charge is 2.50. The Balaban J connectivity index is 2.04. The molecule has 2 aliphatic carbocycles. The lowest BCUT2D eigenvalue weighted by Gasteiger charge is -2.45. The van der Waals surface area contributed by atoms with Gasteiger partial charge in [-0.2, -0.15) is 13.2 Å². The molecule has 2 aliphatic rings. The van der Waals surface area contributed by atoms with Crippen LogP contribution in [0.25, 0.3) is 0 Å². The molecule has 0 heterocycles. The summed E-state index contributed by atoms with van der Waals surface area (Å²) in [5.74, 6) is -0.626. The monoisotopic (exact) mass is 278 g/mol. The molecule has 2 saturated carbocycles. The molecule has 1 nitrogen and oxygen atoms in total. The van der Waals surface area contributed by atoms with Gasteiger partial charge in [0.05, 0.1) is 11.5 Å². The van der Waals surface area contributed by atoms with Gasteiger partial charge in [-0.15, -0.1) is 0 Å². The van der Waals surface area contributed by atoms with Crippen LogP contribution in [-0.4, -0.2) is 16.9 Å². The van der Waals surface area contributed by atoms with Gasteiger partial charge in [-0.25, -0.2) is 0 Å². The van der Waals surface area contributed by atoms with E-state index in [1.165, 1.54) is 6.42 Å². The van der Waals surface area contributed by atoms with Gasteiger partial charge in [0.2, 0.25) is 0 Å². The zero-order valence-electron chi connectivity index (χ0n) is 11.7.